The third-order valence-corrected chi connectivity index (χ3v) is 10.7. The fraction of sp³-hybridized carbons (Fsp3) is 0. The lowest BCUT2D eigenvalue weighted by molar-refractivity contribution is 1.18. The molecule has 0 N–H and O–H groups in total. The summed E-state index contributed by atoms with van der Waals surface area (Å²) in [6, 6.07) is 60.3. The van der Waals surface area contributed by atoms with Gasteiger partial charge >= 0.3 is 0 Å². The highest BCUT2D eigenvalue weighted by molar-refractivity contribution is 7.99. The van der Waals surface area contributed by atoms with Gasteiger partial charge in [-0.05, 0) is 104 Å². The van der Waals surface area contributed by atoms with Gasteiger partial charge in [0.25, 0.3) is 0 Å². The Balaban J connectivity index is 1.16. The van der Waals surface area contributed by atoms with Crippen molar-refractivity contribution in [3.63, 3.8) is 0 Å². The highest BCUT2D eigenvalue weighted by atomic mass is 32.2. The van der Waals surface area contributed by atoms with Crippen LogP contribution in [0.1, 0.15) is 0 Å². The molecule has 0 amide bonds. The Bertz CT molecular complexity index is 2660. The smallest absolute Gasteiger partial charge is 0.0547 e. The first-order valence-corrected chi connectivity index (χ1v) is 16.6. The summed E-state index contributed by atoms with van der Waals surface area (Å²) in [6.07, 6.45) is 0. The zero-order chi connectivity index (χ0) is 30.2. The summed E-state index contributed by atoms with van der Waals surface area (Å²) in [5, 5.41) is 7.73. The molecule has 0 fully saturated rings. The van der Waals surface area contributed by atoms with Crippen molar-refractivity contribution in [2.24, 2.45) is 0 Å². The first-order chi connectivity index (χ1) is 22.8. The first-order valence-electron chi connectivity index (χ1n) is 15.8. The maximum Gasteiger partial charge on any atom is 0.0547 e. The van der Waals surface area contributed by atoms with Crippen molar-refractivity contribution in [3.8, 4) is 39.1 Å². The molecule has 0 bridgehead atoms. The molecular weight excluding hydrogens is 575 g/mol. The minimum absolute atomic E-state index is 1.18. The predicted octanol–water partition coefficient (Wildman–Crippen LogP) is 12.6. The summed E-state index contributed by atoms with van der Waals surface area (Å²) in [5.74, 6) is 0. The summed E-state index contributed by atoms with van der Waals surface area (Å²) in [5.41, 5.74) is 11.2. The summed E-state index contributed by atoms with van der Waals surface area (Å²) in [7, 11) is 0. The van der Waals surface area contributed by atoms with E-state index in [-0.39, 0.29) is 0 Å². The van der Waals surface area contributed by atoms with Crippen LogP contribution in [0, 0.1) is 0 Å². The Morgan fingerprint density at radius 3 is 2.00 bits per heavy atom. The fourth-order valence-electron chi connectivity index (χ4n) is 7.44. The van der Waals surface area contributed by atoms with Crippen LogP contribution in [0.5, 0.6) is 0 Å². The predicted molar refractivity (Wildman–Crippen MR) is 196 cm³/mol. The number of rotatable bonds is 3. The summed E-state index contributed by atoms with van der Waals surface area (Å²) >= 11 is 1.88. The topological polar surface area (TPSA) is 4.93 Å². The van der Waals surface area contributed by atoms with Crippen molar-refractivity contribution >= 4 is 55.1 Å². The lowest BCUT2D eigenvalue weighted by atomic mass is 9.91. The Morgan fingerprint density at radius 2 is 1.09 bits per heavy atom. The summed E-state index contributed by atoms with van der Waals surface area (Å²) < 4.78 is 2.41. The van der Waals surface area contributed by atoms with Gasteiger partial charge in [-0.2, -0.15) is 0 Å². The van der Waals surface area contributed by atoms with E-state index in [4.69, 9.17) is 0 Å². The monoisotopic (exact) mass is 601 g/mol. The van der Waals surface area contributed by atoms with E-state index >= 15 is 0 Å². The number of benzene rings is 8. The molecule has 1 nitrogen and oxygen atoms in total. The number of aromatic nitrogens is 1. The highest BCUT2D eigenvalue weighted by Gasteiger charge is 2.21. The molecule has 46 heavy (non-hydrogen) atoms. The first kappa shape index (κ1) is 25.7. The molecule has 1 aliphatic heterocycles. The van der Waals surface area contributed by atoms with Crippen LogP contribution >= 0.6 is 11.8 Å². The zero-order valence-corrected chi connectivity index (χ0v) is 25.8. The average Bonchev–Trinajstić information content (AvgIpc) is 3.43. The molecule has 214 valence electrons. The second-order valence-corrected chi connectivity index (χ2v) is 13.2. The maximum absolute atomic E-state index is 2.41. The number of fused-ring (bicyclic) bond motifs is 6. The minimum atomic E-state index is 1.18. The van der Waals surface area contributed by atoms with Gasteiger partial charge in [0.15, 0.2) is 0 Å². The van der Waals surface area contributed by atoms with E-state index < -0.39 is 0 Å². The molecule has 2 heterocycles. The molecule has 0 saturated heterocycles. The van der Waals surface area contributed by atoms with Crippen molar-refractivity contribution in [1.29, 1.82) is 0 Å². The Morgan fingerprint density at radius 1 is 0.370 bits per heavy atom. The molecule has 0 atom stereocenters. The lowest BCUT2D eigenvalue weighted by Crippen LogP contribution is -1.94. The van der Waals surface area contributed by atoms with Gasteiger partial charge in [0.2, 0.25) is 0 Å². The van der Waals surface area contributed by atoms with Gasteiger partial charge in [-0.3, -0.25) is 0 Å². The average molecular weight is 602 g/mol. The zero-order valence-electron chi connectivity index (χ0n) is 24.9. The second-order valence-electron chi connectivity index (χ2n) is 12.1. The van der Waals surface area contributed by atoms with E-state index in [1.807, 2.05) is 11.8 Å². The van der Waals surface area contributed by atoms with Crippen LogP contribution in [0.25, 0.3) is 82.4 Å². The van der Waals surface area contributed by atoms with Gasteiger partial charge in [-0.1, -0.05) is 121 Å². The molecule has 0 aliphatic carbocycles. The lowest BCUT2D eigenvalue weighted by Gasteiger charge is -2.21. The molecule has 8 aromatic carbocycles. The summed E-state index contributed by atoms with van der Waals surface area (Å²) in [4.78, 5) is 2.66. The van der Waals surface area contributed by atoms with E-state index in [0.717, 1.165) is 0 Å². The second kappa shape index (κ2) is 9.97. The third-order valence-electron chi connectivity index (χ3n) is 9.55. The van der Waals surface area contributed by atoms with E-state index in [0.29, 0.717) is 0 Å². The van der Waals surface area contributed by atoms with E-state index in [1.165, 1.54) is 92.2 Å². The highest BCUT2D eigenvalue weighted by Crippen LogP contribution is 2.49. The third kappa shape index (κ3) is 3.84. The Hall–Kier alpha value is -5.57. The van der Waals surface area contributed by atoms with Crippen LogP contribution in [-0.2, 0) is 0 Å². The molecule has 0 radical (unpaired) electrons. The van der Waals surface area contributed by atoms with Crippen molar-refractivity contribution in [1.82, 2.24) is 4.57 Å². The van der Waals surface area contributed by atoms with Crippen molar-refractivity contribution in [2.75, 3.05) is 0 Å². The van der Waals surface area contributed by atoms with E-state index in [9.17, 15) is 0 Å². The van der Waals surface area contributed by atoms with Gasteiger partial charge in [0, 0.05) is 31.6 Å². The Kier molecular flexibility index (Phi) is 5.58. The van der Waals surface area contributed by atoms with Gasteiger partial charge < -0.3 is 4.57 Å². The SMILES string of the molecule is c1ccc(-n2c3ccc(-c4cccc(-c5ccc6c7c(cccc57)-c5ccccc5S6)c4)cc3c3cc4ccccc4cc32)cc1. The Labute approximate surface area is 271 Å². The standard InChI is InChI=1S/C44H27NS/c1-2-14-33(15-3-1)45-40-22-20-31(26-38(40)39-25-29-10-4-5-11-30(29)27-41(39)45)28-12-8-13-32(24-28)34-21-23-43-44-36(34)17-9-18-37(44)35-16-6-7-19-42(35)46-43/h1-27H. The number of hydrogen-bond acceptors (Lipinski definition) is 1. The molecular formula is C44H27NS. The molecule has 1 aromatic heterocycles. The van der Waals surface area contributed by atoms with Gasteiger partial charge in [-0.25, -0.2) is 0 Å². The molecule has 0 saturated carbocycles. The largest absolute Gasteiger partial charge is 0.309 e. The molecule has 0 spiro atoms. The van der Waals surface area contributed by atoms with E-state index in [1.54, 1.807) is 0 Å². The van der Waals surface area contributed by atoms with Gasteiger partial charge in [0.1, 0.15) is 0 Å². The molecule has 9 aromatic rings. The van der Waals surface area contributed by atoms with Crippen molar-refractivity contribution in [3.05, 3.63) is 164 Å². The number of nitrogens with zero attached hydrogens (tertiary/aromatic N) is 1. The van der Waals surface area contributed by atoms with Crippen molar-refractivity contribution in [2.45, 2.75) is 9.79 Å². The molecule has 2 heteroatoms. The molecule has 1 aliphatic rings. The van der Waals surface area contributed by atoms with Crippen LogP contribution in [0.2, 0.25) is 0 Å². The quantitative estimate of drug-likeness (QED) is 0.195. The maximum atomic E-state index is 2.41. The fourth-order valence-corrected chi connectivity index (χ4v) is 8.57. The van der Waals surface area contributed by atoms with E-state index in [2.05, 4.69) is 168 Å². The van der Waals surface area contributed by atoms with Gasteiger partial charge in [0.05, 0.1) is 11.0 Å². The molecule has 10 rings (SSSR count). The van der Waals surface area contributed by atoms with Crippen LogP contribution in [0.4, 0.5) is 0 Å². The minimum Gasteiger partial charge on any atom is -0.309 e. The van der Waals surface area contributed by atoms with Crippen LogP contribution < -0.4 is 0 Å². The van der Waals surface area contributed by atoms with Crippen LogP contribution in [0.3, 0.4) is 0 Å². The van der Waals surface area contributed by atoms with Crippen LogP contribution in [0.15, 0.2) is 174 Å². The van der Waals surface area contributed by atoms with Crippen molar-refractivity contribution < 1.29 is 0 Å². The normalized spacial score (nSPS) is 12.3. The molecule has 0 unspecified atom stereocenters. The number of para-hydroxylation sites is 1. The number of hydrogen-bond donors (Lipinski definition) is 0. The summed E-state index contributed by atoms with van der Waals surface area (Å²) in [6.45, 7) is 0. The van der Waals surface area contributed by atoms with Crippen LogP contribution in [-0.4, -0.2) is 4.57 Å². The van der Waals surface area contributed by atoms with Gasteiger partial charge in [-0.15, -0.1) is 0 Å².